The fourth-order valence-corrected chi connectivity index (χ4v) is 2.90. The van der Waals surface area contributed by atoms with E-state index in [-0.39, 0.29) is 5.56 Å². The first-order valence-corrected chi connectivity index (χ1v) is 9.15. The summed E-state index contributed by atoms with van der Waals surface area (Å²) in [6.07, 6.45) is 0.608. The number of nitrogens with one attached hydrogen (secondary N) is 1. The van der Waals surface area contributed by atoms with E-state index in [1.807, 2.05) is 18.2 Å². The van der Waals surface area contributed by atoms with Crippen LogP contribution < -0.4 is 24.3 Å². The Morgan fingerprint density at radius 3 is 2.38 bits per heavy atom. The summed E-state index contributed by atoms with van der Waals surface area (Å²) in [7, 11) is 2.88. The Labute approximate surface area is 168 Å². The highest BCUT2D eigenvalue weighted by Gasteiger charge is 2.20. The van der Waals surface area contributed by atoms with E-state index in [0.29, 0.717) is 43.4 Å². The average Bonchev–Trinajstić information content (AvgIpc) is 2.76. The minimum atomic E-state index is -0.693. The summed E-state index contributed by atoms with van der Waals surface area (Å²) in [6, 6.07) is 10.6. The van der Waals surface area contributed by atoms with Crippen LogP contribution in [-0.4, -0.2) is 52.5 Å². The van der Waals surface area contributed by atoms with Gasteiger partial charge in [-0.05, 0) is 36.2 Å². The molecule has 8 heteroatoms. The van der Waals surface area contributed by atoms with Crippen molar-refractivity contribution in [3.63, 3.8) is 0 Å². The number of hydrogen-bond acceptors (Lipinski definition) is 7. The summed E-state index contributed by atoms with van der Waals surface area (Å²) in [5, 5.41) is 2.72. The van der Waals surface area contributed by atoms with E-state index in [1.165, 1.54) is 14.2 Å². The number of carbonyl (C=O) groups excluding carboxylic acids is 2. The van der Waals surface area contributed by atoms with Gasteiger partial charge in [0.05, 0.1) is 14.2 Å². The Morgan fingerprint density at radius 1 is 1.00 bits per heavy atom. The van der Waals surface area contributed by atoms with Gasteiger partial charge in [0.1, 0.15) is 30.3 Å². The molecule has 0 saturated carbocycles. The lowest BCUT2D eigenvalue weighted by molar-refractivity contribution is -0.124. The second-order valence-electron chi connectivity index (χ2n) is 6.19. The largest absolute Gasteiger partial charge is 0.496 e. The van der Waals surface area contributed by atoms with Crippen LogP contribution in [0.1, 0.15) is 15.9 Å². The second-order valence-corrected chi connectivity index (χ2v) is 6.19. The molecule has 0 atom stereocenters. The minimum Gasteiger partial charge on any atom is -0.496 e. The molecule has 3 rings (SSSR count). The molecule has 2 aromatic rings. The Kier molecular flexibility index (Phi) is 6.78. The van der Waals surface area contributed by atoms with Crippen molar-refractivity contribution >= 4 is 11.9 Å². The van der Waals surface area contributed by atoms with Gasteiger partial charge in [-0.15, -0.1) is 0 Å². The molecule has 1 aliphatic heterocycles. The molecule has 1 aliphatic rings. The van der Waals surface area contributed by atoms with E-state index in [2.05, 4.69) is 5.32 Å². The fraction of sp³-hybridized carbons (Fsp3) is 0.333. The lowest BCUT2D eigenvalue weighted by Crippen LogP contribution is -2.30. The van der Waals surface area contributed by atoms with E-state index >= 15 is 0 Å². The number of carbonyl (C=O) groups is 2. The van der Waals surface area contributed by atoms with Crippen LogP contribution in [0.25, 0.3) is 0 Å². The third-order valence-corrected chi connectivity index (χ3v) is 4.31. The number of benzene rings is 2. The molecule has 1 N–H and O–H groups in total. The molecule has 0 aliphatic carbocycles. The predicted molar refractivity (Wildman–Crippen MR) is 104 cm³/mol. The van der Waals surface area contributed by atoms with Gasteiger partial charge in [-0.3, -0.25) is 4.79 Å². The molecule has 0 fully saturated rings. The van der Waals surface area contributed by atoms with E-state index in [0.717, 1.165) is 11.3 Å². The van der Waals surface area contributed by atoms with Crippen LogP contribution in [0, 0.1) is 0 Å². The van der Waals surface area contributed by atoms with Gasteiger partial charge >= 0.3 is 5.97 Å². The van der Waals surface area contributed by atoms with E-state index in [9.17, 15) is 9.59 Å². The topological polar surface area (TPSA) is 92.3 Å². The molecule has 29 heavy (non-hydrogen) atoms. The fourth-order valence-electron chi connectivity index (χ4n) is 2.90. The number of hydrogen-bond donors (Lipinski definition) is 1. The number of fused-ring (bicyclic) bond motifs is 1. The summed E-state index contributed by atoms with van der Waals surface area (Å²) in [4.78, 5) is 24.4. The Balaban J connectivity index is 1.47. The molecule has 0 unspecified atom stereocenters. The molecule has 154 valence electrons. The molecule has 1 amide bonds. The van der Waals surface area contributed by atoms with Crippen LogP contribution in [0.3, 0.4) is 0 Å². The van der Waals surface area contributed by atoms with E-state index < -0.39 is 18.5 Å². The zero-order valence-corrected chi connectivity index (χ0v) is 16.4. The van der Waals surface area contributed by atoms with Gasteiger partial charge in [0.2, 0.25) is 0 Å². The maximum absolute atomic E-state index is 12.4. The van der Waals surface area contributed by atoms with Gasteiger partial charge in [0.15, 0.2) is 18.1 Å². The number of methoxy groups -OCH3 is 2. The standard InChI is InChI=1S/C21H23NO7/c1-25-16-4-3-5-17(26-2)20(16)21(24)29-13-19(23)22-9-8-14-6-7-15-18(12-14)28-11-10-27-15/h3-7,12H,8-11,13H2,1-2H3,(H,22,23). The highest BCUT2D eigenvalue weighted by molar-refractivity contribution is 5.96. The first-order valence-electron chi connectivity index (χ1n) is 9.15. The number of amides is 1. The van der Waals surface area contributed by atoms with Crippen LogP contribution >= 0.6 is 0 Å². The molecule has 0 radical (unpaired) electrons. The summed E-state index contributed by atoms with van der Waals surface area (Å²) < 4.78 is 26.5. The van der Waals surface area contributed by atoms with Gasteiger partial charge < -0.3 is 29.0 Å². The van der Waals surface area contributed by atoms with Crippen molar-refractivity contribution in [3.8, 4) is 23.0 Å². The summed E-state index contributed by atoms with van der Waals surface area (Å²) in [6.45, 7) is 1.06. The second kappa shape index (κ2) is 9.68. The molecule has 0 bridgehead atoms. The number of rotatable bonds is 8. The Bertz CT molecular complexity index is 859. The van der Waals surface area contributed by atoms with Gasteiger partial charge in [-0.1, -0.05) is 12.1 Å². The van der Waals surface area contributed by atoms with Crippen molar-refractivity contribution in [1.82, 2.24) is 5.32 Å². The normalized spacial score (nSPS) is 12.1. The number of esters is 1. The van der Waals surface area contributed by atoms with E-state index in [4.69, 9.17) is 23.7 Å². The highest BCUT2D eigenvalue weighted by Crippen LogP contribution is 2.31. The first kappa shape index (κ1) is 20.3. The van der Waals surface area contributed by atoms with Crippen LogP contribution in [0.5, 0.6) is 23.0 Å². The maximum atomic E-state index is 12.4. The lowest BCUT2D eigenvalue weighted by Gasteiger charge is -2.18. The highest BCUT2D eigenvalue weighted by atomic mass is 16.6. The third kappa shape index (κ3) is 5.10. The zero-order valence-electron chi connectivity index (χ0n) is 16.4. The third-order valence-electron chi connectivity index (χ3n) is 4.31. The molecule has 0 spiro atoms. The Hall–Kier alpha value is -3.42. The van der Waals surface area contributed by atoms with E-state index in [1.54, 1.807) is 18.2 Å². The zero-order chi connectivity index (χ0) is 20.6. The smallest absolute Gasteiger partial charge is 0.346 e. The van der Waals surface area contributed by atoms with Crippen LogP contribution in [0.4, 0.5) is 0 Å². The molecular formula is C21H23NO7. The van der Waals surface area contributed by atoms with Gasteiger partial charge in [0, 0.05) is 6.54 Å². The SMILES string of the molecule is COc1cccc(OC)c1C(=O)OCC(=O)NCCc1ccc2c(c1)OCCO2. The molecule has 8 nitrogen and oxygen atoms in total. The lowest BCUT2D eigenvalue weighted by atomic mass is 10.1. The summed E-state index contributed by atoms with van der Waals surface area (Å²) in [5.41, 5.74) is 1.15. The summed E-state index contributed by atoms with van der Waals surface area (Å²) in [5.74, 6) is 0.968. The van der Waals surface area contributed by atoms with Crippen LogP contribution in [-0.2, 0) is 16.0 Å². The monoisotopic (exact) mass is 401 g/mol. The summed E-state index contributed by atoms with van der Waals surface area (Å²) >= 11 is 0. The minimum absolute atomic E-state index is 0.140. The average molecular weight is 401 g/mol. The Morgan fingerprint density at radius 2 is 1.69 bits per heavy atom. The van der Waals surface area contributed by atoms with Crippen molar-refractivity contribution in [2.75, 3.05) is 40.6 Å². The molecule has 0 saturated heterocycles. The molecule has 2 aromatic carbocycles. The van der Waals surface area contributed by atoms with Crippen molar-refractivity contribution in [2.24, 2.45) is 0 Å². The number of ether oxygens (including phenoxy) is 5. The molecule has 0 aromatic heterocycles. The molecule has 1 heterocycles. The predicted octanol–water partition coefficient (Wildman–Crippen LogP) is 1.99. The molecular weight excluding hydrogens is 378 g/mol. The van der Waals surface area contributed by atoms with Gasteiger partial charge in [0.25, 0.3) is 5.91 Å². The van der Waals surface area contributed by atoms with Crippen molar-refractivity contribution in [2.45, 2.75) is 6.42 Å². The van der Waals surface area contributed by atoms with Crippen LogP contribution in [0.15, 0.2) is 36.4 Å². The quantitative estimate of drug-likeness (QED) is 0.676. The van der Waals surface area contributed by atoms with Crippen molar-refractivity contribution in [3.05, 3.63) is 47.5 Å². The van der Waals surface area contributed by atoms with Gasteiger partial charge in [-0.2, -0.15) is 0 Å². The van der Waals surface area contributed by atoms with Crippen molar-refractivity contribution < 1.29 is 33.3 Å². The first-order chi connectivity index (χ1) is 14.1. The maximum Gasteiger partial charge on any atom is 0.346 e. The van der Waals surface area contributed by atoms with Crippen molar-refractivity contribution in [1.29, 1.82) is 0 Å². The van der Waals surface area contributed by atoms with Gasteiger partial charge in [-0.25, -0.2) is 4.79 Å². The van der Waals surface area contributed by atoms with Crippen LogP contribution in [0.2, 0.25) is 0 Å².